The molecule has 6 nitrogen and oxygen atoms in total. The SMILES string of the molecule is COC(=O)[C@@H]1C(=O)O[C@@H]2C=CC(OC)(OC)C1C2. The van der Waals surface area contributed by atoms with Gasteiger partial charge in [0.05, 0.1) is 7.11 Å². The van der Waals surface area contributed by atoms with Crippen LogP contribution in [0.15, 0.2) is 12.2 Å². The molecule has 2 aliphatic rings. The Balaban J connectivity index is 2.40. The number of hydrogen-bond donors (Lipinski definition) is 0. The van der Waals surface area contributed by atoms with E-state index in [0.29, 0.717) is 6.42 Å². The number of fused-ring (bicyclic) bond motifs is 2. The summed E-state index contributed by atoms with van der Waals surface area (Å²) in [5.41, 5.74) is 0. The first-order valence-corrected chi connectivity index (χ1v) is 5.66. The van der Waals surface area contributed by atoms with E-state index < -0.39 is 29.6 Å². The fourth-order valence-electron chi connectivity index (χ4n) is 2.61. The van der Waals surface area contributed by atoms with Crippen molar-refractivity contribution in [2.24, 2.45) is 11.8 Å². The molecule has 2 rings (SSSR count). The quantitative estimate of drug-likeness (QED) is 0.312. The Labute approximate surface area is 105 Å². The van der Waals surface area contributed by atoms with Gasteiger partial charge in [0.25, 0.3) is 0 Å². The molecule has 0 amide bonds. The van der Waals surface area contributed by atoms with Crippen LogP contribution in [0.25, 0.3) is 0 Å². The van der Waals surface area contributed by atoms with Gasteiger partial charge in [0.1, 0.15) is 6.10 Å². The van der Waals surface area contributed by atoms with Crippen LogP contribution in [0.4, 0.5) is 0 Å². The average molecular weight is 256 g/mol. The van der Waals surface area contributed by atoms with Crippen molar-refractivity contribution < 1.29 is 28.5 Å². The van der Waals surface area contributed by atoms with E-state index in [4.69, 9.17) is 14.2 Å². The molecule has 0 spiro atoms. The second kappa shape index (κ2) is 4.70. The van der Waals surface area contributed by atoms with E-state index in [2.05, 4.69) is 4.74 Å². The van der Waals surface area contributed by atoms with E-state index in [9.17, 15) is 9.59 Å². The second-order valence-electron chi connectivity index (χ2n) is 4.31. The van der Waals surface area contributed by atoms with Crippen LogP contribution in [0.1, 0.15) is 6.42 Å². The minimum absolute atomic E-state index is 0.332. The third-order valence-corrected chi connectivity index (χ3v) is 3.56. The minimum atomic E-state index is -1.09. The molecular formula is C12H16O6. The third-order valence-electron chi connectivity index (χ3n) is 3.56. The summed E-state index contributed by atoms with van der Waals surface area (Å²) in [5.74, 6) is -3.77. The number of methoxy groups -OCH3 is 3. The van der Waals surface area contributed by atoms with Crippen LogP contribution in [0.3, 0.4) is 0 Å². The molecule has 1 fully saturated rings. The second-order valence-corrected chi connectivity index (χ2v) is 4.31. The molecule has 0 aromatic heterocycles. The van der Waals surface area contributed by atoms with Gasteiger partial charge in [0.15, 0.2) is 11.7 Å². The fourth-order valence-corrected chi connectivity index (χ4v) is 2.61. The van der Waals surface area contributed by atoms with Crippen molar-refractivity contribution in [2.75, 3.05) is 21.3 Å². The lowest BCUT2D eigenvalue weighted by Crippen LogP contribution is -2.55. The lowest BCUT2D eigenvalue weighted by Gasteiger charge is -2.45. The van der Waals surface area contributed by atoms with Crippen LogP contribution >= 0.6 is 0 Å². The molecule has 18 heavy (non-hydrogen) atoms. The highest BCUT2D eigenvalue weighted by atomic mass is 16.7. The van der Waals surface area contributed by atoms with Crippen LogP contribution in [0.5, 0.6) is 0 Å². The lowest BCUT2D eigenvalue weighted by molar-refractivity contribution is -0.241. The van der Waals surface area contributed by atoms with E-state index in [1.807, 2.05) is 0 Å². The maximum absolute atomic E-state index is 11.9. The van der Waals surface area contributed by atoms with Crippen molar-refractivity contribution in [3.63, 3.8) is 0 Å². The van der Waals surface area contributed by atoms with Gasteiger partial charge in [0, 0.05) is 20.1 Å². The maximum atomic E-state index is 11.9. The van der Waals surface area contributed by atoms with Gasteiger partial charge in [-0.1, -0.05) is 0 Å². The molecular weight excluding hydrogens is 240 g/mol. The maximum Gasteiger partial charge on any atom is 0.321 e. The molecule has 1 saturated heterocycles. The van der Waals surface area contributed by atoms with Gasteiger partial charge in [0.2, 0.25) is 0 Å². The summed E-state index contributed by atoms with van der Waals surface area (Å²) in [7, 11) is 4.19. The molecule has 1 aliphatic heterocycles. The molecule has 0 aromatic rings. The summed E-state index contributed by atoms with van der Waals surface area (Å²) >= 11 is 0. The zero-order chi connectivity index (χ0) is 13.3. The highest BCUT2D eigenvalue weighted by Gasteiger charge is 2.55. The molecule has 2 bridgehead atoms. The van der Waals surface area contributed by atoms with E-state index in [1.54, 1.807) is 12.2 Å². The molecule has 0 radical (unpaired) electrons. The number of ether oxygens (including phenoxy) is 4. The fraction of sp³-hybridized carbons (Fsp3) is 0.667. The first-order valence-electron chi connectivity index (χ1n) is 5.66. The summed E-state index contributed by atoms with van der Waals surface area (Å²) in [6.45, 7) is 0. The Morgan fingerprint density at radius 1 is 1.39 bits per heavy atom. The van der Waals surface area contributed by atoms with Crippen LogP contribution in [0.2, 0.25) is 0 Å². The number of rotatable bonds is 3. The topological polar surface area (TPSA) is 71.1 Å². The van der Waals surface area contributed by atoms with Crippen molar-refractivity contribution in [2.45, 2.75) is 18.3 Å². The first-order chi connectivity index (χ1) is 8.57. The van der Waals surface area contributed by atoms with Crippen molar-refractivity contribution >= 4 is 11.9 Å². The van der Waals surface area contributed by atoms with E-state index in [1.165, 1.54) is 21.3 Å². The normalized spacial score (nSPS) is 32.8. The summed E-state index contributed by atoms with van der Waals surface area (Å²) < 4.78 is 20.5. The number of esters is 2. The van der Waals surface area contributed by atoms with E-state index in [0.717, 1.165) is 0 Å². The number of hydrogen-bond acceptors (Lipinski definition) is 6. The molecule has 1 unspecified atom stereocenters. The van der Waals surface area contributed by atoms with Crippen LogP contribution in [0, 0.1) is 11.8 Å². The van der Waals surface area contributed by atoms with Gasteiger partial charge in [-0.15, -0.1) is 0 Å². The van der Waals surface area contributed by atoms with Crippen molar-refractivity contribution in [1.29, 1.82) is 0 Å². The Kier molecular flexibility index (Phi) is 3.41. The van der Waals surface area contributed by atoms with Gasteiger partial charge >= 0.3 is 11.9 Å². The highest BCUT2D eigenvalue weighted by molar-refractivity contribution is 5.96. The summed E-state index contributed by atoms with van der Waals surface area (Å²) in [6, 6.07) is 0. The summed E-state index contributed by atoms with van der Waals surface area (Å²) in [6.07, 6.45) is 3.55. The first kappa shape index (κ1) is 13.0. The van der Waals surface area contributed by atoms with Crippen molar-refractivity contribution in [3.8, 4) is 0 Å². The molecule has 0 N–H and O–H groups in total. The van der Waals surface area contributed by atoms with E-state index in [-0.39, 0.29) is 6.10 Å². The molecule has 100 valence electrons. The van der Waals surface area contributed by atoms with Gasteiger partial charge in [-0.2, -0.15) is 0 Å². The zero-order valence-corrected chi connectivity index (χ0v) is 10.5. The van der Waals surface area contributed by atoms with Gasteiger partial charge in [-0.05, 0) is 18.6 Å². The van der Waals surface area contributed by atoms with Crippen LogP contribution in [-0.4, -0.2) is 45.2 Å². The summed E-state index contributed by atoms with van der Waals surface area (Å²) in [4.78, 5) is 23.6. The minimum Gasteiger partial charge on any atom is -0.468 e. The number of carbonyl (C=O) groups is 2. The van der Waals surface area contributed by atoms with Gasteiger partial charge < -0.3 is 18.9 Å². The monoisotopic (exact) mass is 256 g/mol. The third kappa shape index (κ3) is 1.81. The zero-order valence-electron chi connectivity index (χ0n) is 10.5. The van der Waals surface area contributed by atoms with E-state index >= 15 is 0 Å². The van der Waals surface area contributed by atoms with Gasteiger partial charge in [-0.25, -0.2) is 0 Å². The Morgan fingerprint density at radius 2 is 2.06 bits per heavy atom. The lowest BCUT2D eigenvalue weighted by atomic mass is 9.75. The molecule has 6 heteroatoms. The molecule has 3 atom stereocenters. The Morgan fingerprint density at radius 3 is 2.61 bits per heavy atom. The molecule has 1 heterocycles. The largest absolute Gasteiger partial charge is 0.468 e. The van der Waals surface area contributed by atoms with Crippen LogP contribution < -0.4 is 0 Å². The molecule has 0 saturated carbocycles. The van der Waals surface area contributed by atoms with Gasteiger partial charge in [-0.3, -0.25) is 9.59 Å². The van der Waals surface area contributed by atoms with Crippen molar-refractivity contribution in [3.05, 3.63) is 12.2 Å². The Bertz CT molecular complexity index is 384. The predicted molar refractivity (Wildman–Crippen MR) is 59.4 cm³/mol. The molecule has 1 aliphatic carbocycles. The number of carbonyl (C=O) groups excluding carboxylic acids is 2. The van der Waals surface area contributed by atoms with Crippen LogP contribution in [-0.2, 0) is 28.5 Å². The highest BCUT2D eigenvalue weighted by Crippen LogP contribution is 2.42. The predicted octanol–water partition coefficient (Wildman–Crippen LogP) is 0.266. The standard InChI is InChI=1S/C12H16O6/c1-15-10(13)9-8-6-7(18-11(9)14)4-5-12(8,16-2)17-3/h4-5,7-9H,6H2,1-3H3/t7-,8?,9-/m1/s1. The van der Waals surface area contributed by atoms with Crippen molar-refractivity contribution in [1.82, 2.24) is 0 Å². The Hall–Kier alpha value is -1.40. The molecule has 0 aromatic carbocycles. The average Bonchev–Trinajstić information content (AvgIpc) is 2.39. The smallest absolute Gasteiger partial charge is 0.321 e. The summed E-state index contributed by atoms with van der Waals surface area (Å²) in [5, 5.41) is 0.